The minimum Gasteiger partial charge on any atom is -0.460 e. The second kappa shape index (κ2) is 10.5. The van der Waals surface area contributed by atoms with Crippen LogP contribution in [-0.2, 0) is 14.3 Å². The lowest BCUT2D eigenvalue weighted by Gasteiger charge is -2.03. The Labute approximate surface area is 89.6 Å². The van der Waals surface area contributed by atoms with Crippen molar-refractivity contribution in [3.8, 4) is 0 Å². The second-order valence-corrected chi connectivity index (χ2v) is 2.53. The van der Waals surface area contributed by atoms with Crippen LogP contribution in [0.4, 0.5) is 0 Å². The van der Waals surface area contributed by atoms with Gasteiger partial charge in [0.2, 0.25) is 5.91 Å². The van der Waals surface area contributed by atoms with E-state index in [9.17, 15) is 9.59 Å². The molecule has 15 heavy (non-hydrogen) atoms. The van der Waals surface area contributed by atoms with Gasteiger partial charge in [-0.25, -0.2) is 4.79 Å². The molecule has 1 amide bonds. The van der Waals surface area contributed by atoms with Crippen molar-refractivity contribution < 1.29 is 19.4 Å². The van der Waals surface area contributed by atoms with Gasteiger partial charge in [-0.3, -0.25) is 4.79 Å². The number of hydrogen-bond acceptors (Lipinski definition) is 4. The summed E-state index contributed by atoms with van der Waals surface area (Å²) in [6.07, 6.45) is 2.33. The van der Waals surface area contributed by atoms with Crippen LogP contribution < -0.4 is 0 Å². The molecule has 0 aromatic rings. The van der Waals surface area contributed by atoms with Crippen molar-refractivity contribution in [1.29, 1.82) is 0 Å². The lowest BCUT2D eigenvalue weighted by molar-refractivity contribution is -0.138. The molecular weight excluding hydrogens is 198 g/mol. The predicted octanol–water partition coefficient (Wildman–Crippen LogP) is -0.0315. The Balaban J connectivity index is 0. The number of esters is 1. The van der Waals surface area contributed by atoms with Crippen molar-refractivity contribution in [2.24, 2.45) is 0 Å². The SMILES string of the molecule is C=CC(=O)N(C)C.C=CC(=O)OCCO. The van der Waals surface area contributed by atoms with E-state index in [0.29, 0.717) is 0 Å². The number of carbonyl (C=O) groups excluding carboxylic acids is 2. The zero-order chi connectivity index (χ0) is 12.3. The standard InChI is InChI=1S/C5H9NO.C5H8O3/c1-4-5(7)6(2)3;1-2-5(7)8-4-3-6/h4H,1H2,2-3H3;2,6H,1,3-4H2. The third-order valence-electron chi connectivity index (χ3n) is 1.12. The fourth-order valence-corrected chi connectivity index (χ4v) is 0.388. The average molecular weight is 215 g/mol. The molecule has 86 valence electrons. The molecule has 0 saturated heterocycles. The monoisotopic (exact) mass is 215 g/mol. The highest BCUT2D eigenvalue weighted by Crippen LogP contribution is 1.75. The maximum Gasteiger partial charge on any atom is 0.330 e. The molecule has 0 fully saturated rings. The number of aliphatic hydroxyl groups excluding tert-OH is 1. The van der Waals surface area contributed by atoms with E-state index in [1.165, 1.54) is 11.0 Å². The third-order valence-corrected chi connectivity index (χ3v) is 1.12. The van der Waals surface area contributed by atoms with Gasteiger partial charge >= 0.3 is 5.97 Å². The molecule has 0 aromatic carbocycles. The van der Waals surface area contributed by atoms with Crippen LogP contribution in [0.2, 0.25) is 0 Å². The summed E-state index contributed by atoms with van der Waals surface area (Å²) in [5.41, 5.74) is 0. The van der Waals surface area contributed by atoms with Gasteiger partial charge in [-0.05, 0) is 6.08 Å². The summed E-state index contributed by atoms with van der Waals surface area (Å²) in [5, 5.41) is 8.10. The van der Waals surface area contributed by atoms with E-state index in [1.54, 1.807) is 14.1 Å². The Hall–Kier alpha value is -1.62. The Morgan fingerprint density at radius 3 is 2.07 bits per heavy atom. The third kappa shape index (κ3) is 12.4. The molecule has 0 heterocycles. The number of hydrogen-bond donors (Lipinski definition) is 1. The molecule has 0 unspecified atom stereocenters. The van der Waals surface area contributed by atoms with Crippen LogP contribution in [0.5, 0.6) is 0 Å². The number of carbonyl (C=O) groups is 2. The lowest BCUT2D eigenvalue weighted by Crippen LogP contribution is -2.18. The number of amides is 1. The average Bonchev–Trinajstić information content (AvgIpc) is 2.25. The highest BCUT2D eigenvalue weighted by Gasteiger charge is 1.91. The van der Waals surface area contributed by atoms with E-state index < -0.39 is 5.97 Å². The molecule has 0 rings (SSSR count). The Kier molecular flexibility index (Phi) is 11.0. The molecule has 0 aliphatic heterocycles. The van der Waals surface area contributed by atoms with Gasteiger partial charge in [-0.15, -0.1) is 0 Å². The van der Waals surface area contributed by atoms with E-state index in [0.717, 1.165) is 6.08 Å². The van der Waals surface area contributed by atoms with Crippen LogP contribution in [-0.4, -0.2) is 49.2 Å². The largest absolute Gasteiger partial charge is 0.460 e. The van der Waals surface area contributed by atoms with Crippen LogP contribution in [0.1, 0.15) is 0 Å². The number of aliphatic hydroxyl groups is 1. The second-order valence-electron chi connectivity index (χ2n) is 2.53. The Morgan fingerprint density at radius 2 is 1.87 bits per heavy atom. The summed E-state index contributed by atoms with van der Waals surface area (Å²) in [7, 11) is 3.37. The zero-order valence-corrected chi connectivity index (χ0v) is 9.10. The molecule has 0 saturated carbocycles. The minimum absolute atomic E-state index is 0.0465. The first-order valence-corrected chi connectivity index (χ1v) is 4.23. The molecule has 5 heteroatoms. The Morgan fingerprint density at radius 1 is 1.33 bits per heavy atom. The van der Waals surface area contributed by atoms with Crippen molar-refractivity contribution in [3.05, 3.63) is 25.3 Å². The molecule has 0 aliphatic rings. The maximum absolute atomic E-state index is 10.3. The summed E-state index contributed by atoms with van der Waals surface area (Å²) >= 11 is 0. The van der Waals surface area contributed by atoms with Crippen LogP contribution in [0.15, 0.2) is 25.3 Å². The number of likely N-dealkylation sites (N-methyl/N-ethyl adjacent to an activating group) is 1. The van der Waals surface area contributed by atoms with E-state index in [4.69, 9.17) is 5.11 Å². The van der Waals surface area contributed by atoms with Gasteiger partial charge in [0.25, 0.3) is 0 Å². The van der Waals surface area contributed by atoms with Gasteiger partial charge in [0, 0.05) is 20.2 Å². The minimum atomic E-state index is -0.501. The van der Waals surface area contributed by atoms with Gasteiger partial charge < -0.3 is 14.7 Å². The highest BCUT2D eigenvalue weighted by atomic mass is 16.5. The van der Waals surface area contributed by atoms with Crippen LogP contribution >= 0.6 is 0 Å². The van der Waals surface area contributed by atoms with Crippen LogP contribution in [0.25, 0.3) is 0 Å². The normalized spacial score (nSPS) is 7.93. The molecule has 0 spiro atoms. The number of rotatable bonds is 4. The van der Waals surface area contributed by atoms with E-state index in [2.05, 4.69) is 17.9 Å². The first-order valence-electron chi connectivity index (χ1n) is 4.23. The number of ether oxygens (including phenoxy) is 1. The topological polar surface area (TPSA) is 66.8 Å². The zero-order valence-electron chi connectivity index (χ0n) is 9.10. The summed E-state index contributed by atoms with van der Waals surface area (Å²) in [6, 6.07) is 0. The first kappa shape index (κ1) is 15.8. The van der Waals surface area contributed by atoms with Crippen molar-refractivity contribution in [1.82, 2.24) is 4.90 Å². The van der Waals surface area contributed by atoms with Crippen LogP contribution in [0, 0.1) is 0 Å². The van der Waals surface area contributed by atoms with Crippen LogP contribution in [0.3, 0.4) is 0 Å². The quantitative estimate of drug-likeness (QED) is 0.528. The lowest BCUT2D eigenvalue weighted by atomic mass is 10.5. The van der Waals surface area contributed by atoms with Crippen molar-refractivity contribution in [2.45, 2.75) is 0 Å². The Bertz CT molecular complexity index is 223. The molecule has 0 aromatic heterocycles. The molecule has 1 N–H and O–H groups in total. The van der Waals surface area contributed by atoms with E-state index >= 15 is 0 Å². The van der Waals surface area contributed by atoms with Crippen molar-refractivity contribution in [2.75, 3.05) is 27.3 Å². The van der Waals surface area contributed by atoms with Gasteiger partial charge in [0.15, 0.2) is 0 Å². The summed E-state index contributed by atoms with van der Waals surface area (Å²) in [6.45, 7) is 6.36. The summed E-state index contributed by atoms with van der Waals surface area (Å²) in [5.74, 6) is -0.556. The highest BCUT2D eigenvalue weighted by molar-refractivity contribution is 5.86. The van der Waals surface area contributed by atoms with E-state index in [-0.39, 0.29) is 19.1 Å². The van der Waals surface area contributed by atoms with Gasteiger partial charge in [0.1, 0.15) is 6.61 Å². The molecule has 5 nitrogen and oxygen atoms in total. The van der Waals surface area contributed by atoms with Gasteiger partial charge in [-0.1, -0.05) is 13.2 Å². The van der Waals surface area contributed by atoms with Gasteiger partial charge in [-0.2, -0.15) is 0 Å². The first-order chi connectivity index (χ1) is 6.99. The smallest absolute Gasteiger partial charge is 0.330 e. The summed E-state index contributed by atoms with van der Waals surface area (Å²) < 4.78 is 4.33. The molecule has 0 aliphatic carbocycles. The maximum atomic E-state index is 10.3. The van der Waals surface area contributed by atoms with E-state index in [1.807, 2.05) is 0 Å². The molecule has 0 atom stereocenters. The molecular formula is C10H17NO4. The fraction of sp³-hybridized carbons (Fsp3) is 0.400. The predicted molar refractivity (Wildman–Crippen MR) is 57.1 cm³/mol. The summed E-state index contributed by atoms with van der Waals surface area (Å²) in [4.78, 5) is 21.9. The fourth-order valence-electron chi connectivity index (χ4n) is 0.388. The van der Waals surface area contributed by atoms with Crippen molar-refractivity contribution >= 4 is 11.9 Å². The van der Waals surface area contributed by atoms with Gasteiger partial charge in [0.05, 0.1) is 6.61 Å². The molecule has 0 radical (unpaired) electrons. The number of nitrogens with zero attached hydrogens (tertiary/aromatic N) is 1. The van der Waals surface area contributed by atoms with Crippen molar-refractivity contribution in [3.63, 3.8) is 0 Å². The molecule has 0 bridgehead atoms.